The summed E-state index contributed by atoms with van der Waals surface area (Å²) in [5.41, 5.74) is 1.08. The summed E-state index contributed by atoms with van der Waals surface area (Å²) in [6.07, 6.45) is 1.68. The number of aryl methyl sites for hydroxylation is 1. The molecule has 0 aliphatic rings. The number of furan rings is 1. The van der Waals surface area contributed by atoms with Gasteiger partial charge in [0.05, 0.1) is 11.2 Å². The van der Waals surface area contributed by atoms with Crippen molar-refractivity contribution < 1.29 is 8.98 Å². The second-order valence-electron chi connectivity index (χ2n) is 6.50. The molecule has 138 valence electrons. The van der Waals surface area contributed by atoms with Crippen LogP contribution in [-0.4, -0.2) is 0 Å². The lowest BCUT2D eigenvalue weighted by Gasteiger charge is -2.24. The molecular weight excluding hydrogens is 371 g/mol. The van der Waals surface area contributed by atoms with Crippen molar-refractivity contribution in [3.8, 4) is 0 Å². The third-order valence-electron chi connectivity index (χ3n) is 4.36. The van der Waals surface area contributed by atoms with Crippen molar-refractivity contribution in [2.24, 2.45) is 0 Å². The molecule has 0 unspecified atom stereocenters. The zero-order valence-electron chi connectivity index (χ0n) is 15.8. The number of allylic oxidation sites excluding steroid dienone is 2. The number of rotatable bonds is 6. The van der Waals surface area contributed by atoms with Crippen LogP contribution >= 0.6 is 18.9 Å². The Morgan fingerprint density at radius 1 is 0.926 bits per heavy atom. The first-order valence-electron chi connectivity index (χ1n) is 8.75. The highest BCUT2D eigenvalue weighted by atomic mass is 32.2. The van der Waals surface area contributed by atoms with E-state index in [1.165, 1.54) is 0 Å². The van der Waals surface area contributed by atoms with Crippen LogP contribution in [0.4, 0.5) is 0 Å². The van der Waals surface area contributed by atoms with Crippen LogP contribution in [0.3, 0.4) is 0 Å². The third-order valence-corrected chi connectivity index (χ3v) is 9.05. The van der Waals surface area contributed by atoms with Crippen molar-refractivity contribution in [3.63, 3.8) is 0 Å². The van der Waals surface area contributed by atoms with Gasteiger partial charge >= 0.3 is 0 Å². The largest absolute Gasteiger partial charge is 0.468 e. The van der Waals surface area contributed by atoms with Crippen LogP contribution in [0.15, 0.2) is 105 Å². The molecule has 4 heteroatoms. The molecule has 2 nitrogen and oxygen atoms in total. The average Bonchev–Trinajstić information content (AvgIpc) is 3.10. The lowest BCUT2D eigenvalue weighted by Crippen LogP contribution is -2.17. The van der Waals surface area contributed by atoms with E-state index in [0.717, 1.165) is 31.7 Å². The molecule has 0 radical (unpaired) electrons. The highest BCUT2D eigenvalue weighted by Crippen LogP contribution is 2.57. The Morgan fingerprint density at radius 2 is 1.44 bits per heavy atom. The number of benzene rings is 2. The second kappa shape index (κ2) is 8.21. The van der Waals surface area contributed by atoms with Crippen molar-refractivity contribution in [3.05, 3.63) is 101 Å². The van der Waals surface area contributed by atoms with Gasteiger partial charge in [-0.2, -0.15) is 0 Å². The molecule has 3 rings (SSSR count). The van der Waals surface area contributed by atoms with Crippen LogP contribution in [0.5, 0.6) is 0 Å². The van der Waals surface area contributed by atoms with E-state index in [4.69, 9.17) is 4.42 Å². The smallest absolute Gasteiger partial charge is 0.171 e. The highest BCUT2D eigenvalue weighted by Gasteiger charge is 2.33. The van der Waals surface area contributed by atoms with Gasteiger partial charge in [0.25, 0.3) is 0 Å². The fourth-order valence-corrected chi connectivity index (χ4v) is 6.91. The van der Waals surface area contributed by atoms with E-state index in [9.17, 15) is 4.57 Å². The van der Waals surface area contributed by atoms with Gasteiger partial charge in [-0.3, -0.25) is 0 Å². The Bertz CT molecular complexity index is 969. The SMILES string of the molecule is C=C(C(Sc1ccoc1C)=C(C)C)P(=O)(c1ccccc1)c1ccccc1. The lowest BCUT2D eigenvalue weighted by molar-refractivity contribution is 0.527. The molecule has 0 bridgehead atoms. The fraction of sp³-hybridized carbons (Fsp3) is 0.130. The van der Waals surface area contributed by atoms with Crippen molar-refractivity contribution in [1.82, 2.24) is 0 Å². The Labute approximate surface area is 165 Å². The molecule has 0 saturated heterocycles. The third kappa shape index (κ3) is 3.90. The van der Waals surface area contributed by atoms with Crippen molar-refractivity contribution in [2.75, 3.05) is 0 Å². The van der Waals surface area contributed by atoms with Gasteiger partial charge in [-0.15, -0.1) is 0 Å². The van der Waals surface area contributed by atoms with Crippen molar-refractivity contribution >= 4 is 29.5 Å². The maximum atomic E-state index is 14.5. The van der Waals surface area contributed by atoms with E-state index in [0.29, 0.717) is 5.31 Å². The molecule has 2 aromatic carbocycles. The summed E-state index contributed by atoms with van der Waals surface area (Å²) < 4.78 is 19.9. The average molecular weight is 394 g/mol. The van der Waals surface area contributed by atoms with E-state index >= 15 is 0 Å². The molecule has 0 fully saturated rings. The minimum absolute atomic E-state index is 0.658. The Balaban J connectivity index is 2.14. The molecule has 3 aromatic rings. The molecule has 0 spiro atoms. The van der Waals surface area contributed by atoms with Crippen LogP contribution in [-0.2, 0) is 4.57 Å². The van der Waals surface area contributed by atoms with E-state index in [1.54, 1.807) is 18.0 Å². The molecule has 0 saturated carbocycles. The highest BCUT2D eigenvalue weighted by molar-refractivity contribution is 8.04. The second-order valence-corrected chi connectivity index (χ2v) is 10.3. The van der Waals surface area contributed by atoms with Gasteiger partial charge in [0.15, 0.2) is 7.14 Å². The summed E-state index contributed by atoms with van der Waals surface area (Å²) in [5, 5.41) is 2.25. The van der Waals surface area contributed by atoms with E-state index < -0.39 is 7.14 Å². The minimum Gasteiger partial charge on any atom is -0.468 e. The number of hydrogen-bond donors (Lipinski definition) is 0. The van der Waals surface area contributed by atoms with Crippen molar-refractivity contribution in [2.45, 2.75) is 25.7 Å². The van der Waals surface area contributed by atoms with Gasteiger partial charge in [0, 0.05) is 20.8 Å². The maximum absolute atomic E-state index is 14.5. The normalized spacial score (nSPS) is 11.2. The first kappa shape index (κ1) is 19.5. The Morgan fingerprint density at radius 3 is 1.85 bits per heavy atom. The molecule has 0 atom stereocenters. The summed E-state index contributed by atoms with van der Waals surface area (Å²) in [4.78, 5) is 1.95. The van der Waals surface area contributed by atoms with Crippen molar-refractivity contribution in [1.29, 1.82) is 0 Å². The minimum atomic E-state index is -3.06. The summed E-state index contributed by atoms with van der Waals surface area (Å²) in [5.74, 6) is 0.848. The summed E-state index contributed by atoms with van der Waals surface area (Å²) in [6, 6.07) is 21.2. The quantitative estimate of drug-likeness (QED) is 0.271. The zero-order valence-corrected chi connectivity index (χ0v) is 17.5. The Kier molecular flexibility index (Phi) is 5.94. The molecule has 1 aromatic heterocycles. The molecule has 0 aliphatic carbocycles. The molecule has 0 amide bonds. The first-order valence-corrected chi connectivity index (χ1v) is 11.3. The molecule has 0 aliphatic heterocycles. The standard InChI is InChI=1S/C23H23O2PS/c1-17(2)23(27-22-15-16-25-18(22)3)19(4)26(24,20-11-7-5-8-12-20)21-13-9-6-10-14-21/h5-16H,4H2,1-3H3. The van der Waals surface area contributed by atoms with Gasteiger partial charge < -0.3 is 8.98 Å². The van der Waals surface area contributed by atoms with Crippen LogP contribution in [0.25, 0.3) is 0 Å². The Hall–Kier alpha value is -2.22. The van der Waals surface area contributed by atoms with Gasteiger partial charge in [-0.1, -0.05) is 84.6 Å². The van der Waals surface area contributed by atoms with Gasteiger partial charge in [0.1, 0.15) is 5.76 Å². The summed E-state index contributed by atoms with van der Waals surface area (Å²) >= 11 is 1.57. The van der Waals surface area contributed by atoms with Gasteiger partial charge in [-0.25, -0.2) is 0 Å². The van der Waals surface area contributed by atoms with E-state index in [-0.39, 0.29) is 0 Å². The molecular formula is C23H23O2PS. The zero-order chi connectivity index (χ0) is 19.4. The topological polar surface area (TPSA) is 30.2 Å². The van der Waals surface area contributed by atoms with Gasteiger partial charge in [0.2, 0.25) is 0 Å². The molecule has 1 heterocycles. The number of thioether (sulfide) groups is 1. The lowest BCUT2D eigenvalue weighted by atomic mass is 10.3. The van der Waals surface area contributed by atoms with Gasteiger partial charge in [-0.05, 0) is 26.8 Å². The fourth-order valence-electron chi connectivity index (χ4n) is 2.92. The monoisotopic (exact) mass is 394 g/mol. The molecule has 27 heavy (non-hydrogen) atoms. The van der Waals surface area contributed by atoms with Crippen LogP contribution in [0.2, 0.25) is 0 Å². The van der Waals surface area contributed by atoms with Crippen LogP contribution in [0, 0.1) is 6.92 Å². The van der Waals surface area contributed by atoms with Crippen LogP contribution in [0.1, 0.15) is 19.6 Å². The van der Waals surface area contributed by atoms with Crippen LogP contribution < -0.4 is 10.6 Å². The predicted octanol–water partition coefficient (Wildman–Crippen LogP) is 6.50. The van der Waals surface area contributed by atoms with E-state index in [2.05, 4.69) is 6.58 Å². The van der Waals surface area contributed by atoms with E-state index in [1.807, 2.05) is 87.5 Å². The summed E-state index contributed by atoms with van der Waals surface area (Å²) in [6.45, 7) is 10.3. The molecule has 0 N–H and O–H groups in total. The first-order chi connectivity index (χ1) is 12.9. The maximum Gasteiger partial charge on any atom is 0.171 e. The summed E-state index contributed by atoms with van der Waals surface area (Å²) in [7, 11) is -3.06. The predicted molar refractivity (Wildman–Crippen MR) is 117 cm³/mol. The number of hydrogen-bond acceptors (Lipinski definition) is 3.